The van der Waals surface area contributed by atoms with E-state index in [0.29, 0.717) is 39.6 Å². The average molecular weight is 419 g/mol. The quantitative estimate of drug-likeness (QED) is 0.394. The molecular weight excluding hydrogens is 394 g/mol. The second kappa shape index (κ2) is 8.74. The van der Waals surface area contributed by atoms with Crippen LogP contribution >= 0.6 is 0 Å². The number of hydrogen-bond donors (Lipinski definition) is 3. The highest BCUT2D eigenvalue weighted by molar-refractivity contribution is 5.88. The zero-order valence-electron chi connectivity index (χ0n) is 18.0. The molecule has 3 rings (SSSR count). The Morgan fingerprint density at radius 2 is 2.13 bits per heavy atom. The highest BCUT2D eigenvalue weighted by Crippen LogP contribution is 2.22. The van der Waals surface area contributed by atoms with Gasteiger partial charge in [-0.3, -0.25) is 9.36 Å². The molecule has 160 valence electrons. The molecule has 0 atom stereocenters. The van der Waals surface area contributed by atoms with Crippen LogP contribution < -0.4 is 16.6 Å². The summed E-state index contributed by atoms with van der Waals surface area (Å²) in [5.74, 6) is 0.711. The molecule has 0 spiro atoms. The van der Waals surface area contributed by atoms with Crippen LogP contribution in [-0.2, 0) is 6.54 Å². The molecule has 0 amide bonds. The number of rotatable bonds is 7. The van der Waals surface area contributed by atoms with E-state index in [1.54, 1.807) is 17.8 Å². The summed E-state index contributed by atoms with van der Waals surface area (Å²) in [4.78, 5) is 26.3. The summed E-state index contributed by atoms with van der Waals surface area (Å²) in [7, 11) is 1.62. The van der Waals surface area contributed by atoms with Crippen LogP contribution in [0.2, 0.25) is 0 Å². The molecule has 0 saturated carbocycles. The van der Waals surface area contributed by atoms with Gasteiger partial charge in [0.2, 0.25) is 0 Å². The van der Waals surface area contributed by atoms with Gasteiger partial charge in [0.25, 0.3) is 5.56 Å². The number of anilines is 2. The summed E-state index contributed by atoms with van der Waals surface area (Å²) in [6, 6.07) is 0. The van der Waals surface area contributed by atoms with Crippen molar-refractivity contribution in [2.45, 2.75) is 27.3 Å². The minimum atomic E-state index is -0.341. The summed E-state index contributed by atoms with van der Waals surface area (Å²) in [6.45, 7) is 9.67. The minimum absolute atomic E-state index is 0.126. The van der Waals surface area contributed by atoms with Crippen molar-refractivity contribution < 1.29 is 0 Å². The molecule has 3 aromatic heterocycles. The third kappa shape index (κ3) is 3.87. The third-order valence-corrected chi connectivity index (χ3v) is 4.72. The SMILES string of the molecule is C=C(C)/C(=C\C=C/C)n1c(Cn2nc(C)c3c(N)ncnc32)nc(C=N)c(NC)c1=O. The zero-order valence-corrected chi connectivity index (χ0v) is 18.0. The standard InChI is InChI=1S/C21H25N9O/c1-6-7-8-15(12(2)3)30-16(27-14(9-22)18(24-5)21(30)31)10-29-20-17(13(4)28-29)19(23)25-11-26-20/h6-9,11,22,24H,2,10H2,1,3-5H3,(H2,23,25,26)/b7-6-,15-8+,22-9?. The van der Waals surface area contributed by atoms with Gasteiger partial charge in [0.1, 0.15) is 35.9 Å². The maximum absolute atomic E-state index is 13.4. The second-order valence-electron chi connectivity index (χ2n) is 6.88. The largest absolute Gasteiger partial charge is 0.383 e. The van der Waals surface area contributed by atoms with Gasteiger partial charge in [-0.2, -0.15) is 5.10 Å². The number of nitrogen functional groups attached to an aromatic ring is 1. The van der Waals surface area contributed by atoms with E-state index in [9.17, 15) is 4.79 Å². The van der Waals surface area contributed by atoms with Crippen molar-refractivity contribution >= 4 is 34.5 Å². The highest BCUT2D eigenvalue weighted by Gasteiger charge is 2.20. The molecular formula is C21H25N9O. The molecule has 0 bridgehead atoms. The first kappa shape index (κ1) is 21.6. The number of nitrogens with one attached hydrogen (secondary N) is 2. The number of fused-ring (bicyclic) bond motifs is 1. The van der Waals surface area contributed by atoms with Crippen LogP contribution in [-0.4, -0.2) is 42.6 Å². The fourth-order valence-electron chi connectivity index (χ4n) is 3.33. The van der Waals surface area contributed by atoms with E-state index in [-0.39, 0.29) is 23.5 Å². The minimum Gasteiger partial charge on any atom is -0.383 e. The Bertz CT molecular complexity index is 1290. The Balaban J connectivity index is 2.33. The number of aromatic nitrogens is 6. The summed E-state index contributed by atoms with van der Waals surface area (Å²) in [6.07, 6.45) is 7.89. The van der Waals surface area contributed by atoms with Crippen molar-refractivity contribution in [3.05, 3.63) is 64.3 Å². The van der Waals surface area contributed by atoms with Crippen LogP contribution in [0.15, 0.2) is 41.5 Å². The molecule has 0 aromatic carbocycles. The Morgan fingerprint density at radius 3 is 2.74 bits per heavy atom. The Labute approximate surface area is 179 Å². The van der Waals surface area contributed by atoms with Crippen molar-refractivity contribution in [2.24, 2.45) is 0 Å². The molecule has 3 heterocycles. The molecule has 0 aliphatic rings. The lowest BCUT2D eigenvalue weighted by Crippen LogP contribution is -2.30. The van der Waals surface area contributed by atoms with Gasteiger partial charge < -0.3 is 16.5 Å². The number of nitrogens with zero attached hydrogens (tertiary/aromatic N) is 6. The van der Waals surface area contributed by atoms with Crippen LogP contribution in [0.5, 0.6) is 0 Å². The summed E-state index contributed by atoms with van der Waals surface area (Å²) in [5.41, 5.74) is 8.59. The molecule has 0 aliphatic heterocycles. The number of aryl methyl sites for hydroxylation is 1. The first-order valence-corrected chi connectivity index (χ1v) is 9.61. The van der Waals surface area contributed by atoms with E-state index in [1.165, 1.54) is 10.9 Å². The van der Waals surface area contributed by atoms with Gasteiger partial charge in [0, 0.05) is 13.3 Å². The summed E-state index contributed by atoms with van der Waals surface area (Å²) in [5, 5.41) is 15.8. The predicted octanol–water partition coefficient (Wildman–Crippen LogP) is 2.35. The molecule has 4 N–H and O–H groups in total. The Hall–Kier alpha value is -4.08. The van der Waals surface area contributed by atoms with Gasteiger partial charge in [-0.25, -0.2) is 19.6 Å². The Kier molecular flexibility index (Phi) is 6.10. The van der Waals surface area contributed by atoms with Crippen LogP contribution in [0.25, 0.3) is 16.7 Å². The van der Waals surface area contributed by atoms with Gasteiger partial charge >= 0.3 is 0 Å². The summed E-state index contributed by atoms with van der Waals surface area (Å²) < 4.78 is 3.11. The van der Waals surface area contributed by atoms with E-state index < -0.39 is 0 Å². The van der Waals surface area contributed by atoms with Crippen molar-refractivity contribution in [2.75, 3.05) is 18.1 Å². The maximum atomic E-state index is 13.4. The lowest BCUT2D eigenvalue weighted by Gasteiger charge is -2.18. The lowest BCUT2D eigenvalue weighted by atomic mass is 10.2. The predicted molar refractivity (Wildman–Crippen MR) is 123 cm³/mol. The van der Waals surface area contributed by atoms with Crippen LogP contribution in [0.3, 0.4) is 0 Å². The zero-order chi connectivity index (χ0) is 22.7. The van der Waals surface area contributed by atoms with Crippen molar-refractivity contribution in [3.63, 3.8) is 0 Å². The number of allylic oxidation sites excluding steroid dienone is 5. The fraction of sp³-hybridized carbons (Fsp3) is 0.238. The van der Waals surface area contributed by atoms with Gasteiger partial charge in [-0.1, -0.05) is 18.7 Å². The van der Waals surface area contributed by atoms with Gasteiger partial charge in [-0.05, 0) is 32.4 Å². The Morgan fingerprint density at radius 1 is 1.39 bits per heavy atom. The van der Waals surface area contributed by atoms with E-state index in [0.717, 1.165) is 6.21 Å². The van der Waals surface area contributed by atoms with E-state index in [4.69, 9.17) is 11.1 Å². The topological polar surface area (TPSA) is 140 Å². The monoisotopic (exact) mass is 419 g/mol. The molecule has 10 nitrogen and oxygen atoms in total. The van der Waals surface area contributed by atoms with Crippen molar-refractivity contribution in [3.8, 4) is 0 Å². The third-order valence-electron chi connectivity index (χ3n) is 4.72. The lowest BCUT2D eigenvalue weighted by molar-refractivity contribution is 0.642. The smallest absolute Gasteiger partial charge is 0.282 e. The van der Waals surface area contributed by atoms with E-state index in [1.807, 2.05) is 32.9 Å². The molecule has 0 radical (unpaired) electrons. The van der Waals surface area contributed by atoms with Gasteiger partial charge in [-0.15, -0.1) is 0 Å². The molecule has 31 heavy (non-hydrogen) atoms. The highest BCUT2D eigenvalue weighted by atomic mass is 16.1. The van der Waals surface area contributed by atoms with Crippen LogP contribution in [0, 0.1) is 12.3 Å². The van der Waals surface area contributed by atoms with Gasteiger partial charge in [0.05, 0.1) is 16.8 Å². The molecule has 0 saturated heterocycles. The van der Waals surface area contributed by atoms with Crippen LogP contribution in [0.1, 0.15) is 31.1 Å². The molecule has 3 aromatic rings. The average Bonchev–Trinajstić information content (AvgIpc) is 3.05. The molecule has 10 heteroatoms. The van der Waals surface area contributed by atoms with Crippen molar-refractivity contribution in [1.82, 2.24) is 29.3 Å². The van der Waals surface area contributed by atoms with E-state index in [2.05, 4.69) is 31.9 Å². The van der Waals surface area contributed by atoms with Crippen molar-refractivity contribution in [1.29, 1.82) is 5.41 Å². The first-order valence-electron chi connectivity index (χ1n) is 9.61. The normalized spacial score (nSPS) is 11.9. The number of nitrogens with two attached hydrogens (primary N) is 1. The molecule has 0 aliphatic carbocycles. The van der Waals surface area contributed by atoms with E-state index >= 15 is 0 Å². The van der Waals surface area contributed by atoms with Crippen LogP contribution in [0.4, 0.5) is 11.5 Å². The molecule has 0 fully saturated rings. The molecule has 0 unspecified atom stereocenters. The number of hydrogen-bond acceptors (Lipinski definition) is 8. The maximum Gasteiger partial charge on any atom is 0.282 e. The fourth-order valence-corrected chi connectivity index (χ4v) is 3.33. The first-order chi connectivity index (χ1) is 14.8. The van der Waals surface area contributed by atoms with Gasteiger partial charge in [0.15, 0.2) is 5.65 Å². The second-order valence-corrected chi connectivity index (χ2v) is 6.88. The summed E-state index contributed by atoms with van der Waals surface area (Å²) >= 11 is 0.